The Kier molecular flexibility index (Phi) is 10.00. The number of piperazine rings is 1. The second-order valence-electron chi connectivity index (χ2n) is 11.0. The minimum absolute atomic E-state index is 0.0402. The molecule has 0 radical (unpaired) electrons. The molecule has 0 saturated carbocycles. The van der Waals surface area contributed by atoms with Crippen molar-refractivity contribution in [1.82, 2.24) is 19.9 Å². The van der Waals surface area contributed by atoms with Gasteiger partial charge in [-0.25, -0.2) is 19.9 Å². The van der Waals surface area contributed by atoms with Gasteiger partial charge in [-0.2, -0.15) is 0 Å². The molecular weight excluding hydrogens is 516 g/mol. The molecule has 5 rings (SSSR count). The lowest BCUT2D eigenvalue weighted by Gasteiger charge is -2.37. The van der Waals surface area contributed by atoms with Gasteiger partial charge in [0.05, 0.1) is 11.0 Å². The lowest BCUT2D eigenvalue weighted by atomic mass is 10.1. The highest BCUT2D eigenvalue weighted by atomic mass is 16.1. The molecule has 0 unspecified atom stereocenters. The standard InChI is InChI=1S/C26H28N8O2.C5H12/c1-17(2)11-24(36)32-26-21-6-4-19(13-23(21)28-15-30-26)34-9-7-33(8-10-34)18-3-5-20-22(12-18)27-14-29-25(20)31-16-35;1-4-5(2)3/h3-6,12-17H,7-11H2,1-2H3,(H,27,29,31,35)(H,28,30,32,36);5H,4H2,1-3H3. The quantitative estimate of drug-likeness (QED) is 0.273. The van der Waals surface area contributed by atoms with Crippen LogP contribution in [0.2, 0.25) is 0 Å². The first-order valence-corrected chi connectivity index (χ1v) is 14.3. The highest BCUT2D eigenvalue weighted by molar-refractivity contribution is 6.00. The largest absolute Gasteiger partial charge is 0.368 e. The van der Waals surface area contributed by atoms with Crippen LogP contribution >= 0.6 is 0 Å². The monoisotopic (exact) mass is 556 g/mol. The van der Waals surface area contributed by atoms with Crippen molar-refractivity contribution in [3.05, 3.63) is 49.1 Å². The Bertz CT molecular complexity index is 1480. The number of nitrogens with one attached hydrogen (secondary N) is 2. The minimum Gasteiger partial charge on any atom is -0.368 e. The number of aromatic nitrogens is 4. The van der Waals surface area contributed by atoms with Crippen molar-refractivity contribution in [1.29, 1.82) is 0 Å². The summed E-state index contributed by atoms with van der Waals surface area (Å²) in [5.41, 5.74) is 3.78. The Morgan fingerprint density at radius 3 is 1.76 bits per heavy atom. The topological polar surface area (TPSA) is 116 Å². The van der Waals surface area contributed by atoms with E-state index in [9.17, 15) is 9.59 Å². The molecule has 10 nitrogen and oxygen atoms in total. The van der Waals surface area contributed by atoms with E-state index in [1.165, 1.54) is 19.1 Å². The summed E-state index contributed by atoms with van der Waals surface area (Å²) in [5, 5.41) is 7.19. The van der Waals surface area contributed by atoms with E-state index in [0.717, 1.165) is 65.3 Å². The summed E-state index contributed by atoms with van der Waals surface area (Å²) < 4.78 is 0. The Morgan fingerprint density at radius 1 is 0.805 bits per heavy atom. The number of anilines is 4. The zero-order valence-corrected chi connectivity index (χ0v) is 24.6. The van der Waals surface area contributed by atoms with Gasteiger partial charge >= 0.3 is 0 Å². The van der Waals surface area contributed by atoms with Gasteiger partial charge in [0.25, 0.3) is 0 Å². The van der Waals surface area contributed by atoms with Crippen molar-refractivity contribution >= 4 is 57.1 Å². The van der Waals surface area contributed by atoms with Crippen LogP contribution in [0.4, 0.5) is 23.0 Å². The van der Waals surface area contributed by atoms with E-state index >= 15 is 0 Å². The predicted octanol–water partition coefficient (Wildman–Crippen LogP) is 5.50. The maximum absolute atomic E-state index is 12.2. The second kappa shape index (κ2) is 13.8. The van der Waals surface area contributed by atoms with Gasteiger partial charge in [0.15, 0.2) is 0 Å². The van der Waals surface area contributed by atoms with Crippen molar-refractivity contribution in [2.75, 3.05) is 46.6 Å². The first-order chi connectivity index (χ1) is 19.8. The van der Waals surface area contributed by atoms with Gasteiger partial charge in [0, 0.05) is 54.7 Å². The number of hydrogen-bond acceptors (Lipinski definition) is 8. The number of amides is 2. The summed E-state index contributed by atoms with van der Waals surface area (Å²) >= 11 is 0. The van der Waals surface area contributed by atoms with Crippen LogP contribution in [0, 0.1) is 11.8 Å². The molecule has 2 amide bonds. The summed E-state index contributed by atoms with van der Waals surface area (Å²) in [6.45, 7) is 14.1. The molecule has 1 aliphatic rings. The number of hydrogen-bond donors (Lipinski definition) is 2. The normalized spacial score (nSPS) is 13.3. The van der Waals surface area contributed by atoms with Gasteiger partial charge in [-0.15, -0.1) is 0 Å². The van der Waals surface area contributed by atoms with E-state index in [4.69, 9.17) is 0 Å². The summed E-state index contributed by atoms with van der Waals surface area (Å²) in [6, 6.07) is 12.1. The lowest BCUT2D eigenvalue weighted by molar-refractivity contribution is -0.116. The third-order valence-electron chi connectivity index (χ3n) is 7.11. The molecule has 2 aromatic heterocycles. The maximum Gasteiger partial charge on any atom is 0.225 e. The van der Waals surface area contributed by atoms with E-state index in [-0.39, 0.29) is 11.8 Å². The van der Waals surface area contributed by atoms with Crippen molar-refractivity contribution in [2.45, 2.75) is 47.5 Å². The number of nitrogens with zero attached hydrogens (tertiary/aromatic N) is 6. The molecule has 1 saturated heterocycles. The highest BCUT2D eigenvalue weighted by Crippen LogP contribution is 2.28. The third kappa shape index (κ3) is 7.65. The van der Waals surface area contributed by atoms with E-state index in [1.807, 2.05) is 38.1 Å². The van der Waals surface area contributed by atoms with Gasteiger partial charge in [-0.3, -0.25) is 9.59 Å². The maximum atomic E-state index is 12.2. The third-order valence-corrected chi connectivity index (χ3v) is 7.11. The van der Waals surface area contributed by atoms with Crippen LogP contribution in [0.5, 0.6) is 0 Å². The number of rotatable bonds is 8. The van der Waals surface area contributed by atoms with E-state index in [2.05, 4.69) is 73.3 Å². The molecule has 1 aliphatic heterocycles. The molecule has 0 bridgehead atoms. The Labute approximate surface area is 241 Å². The molecule has 0 spiro atoms. The van der Waals surface area contributed by atoms with E-state index in [1.54, 1.807) is 0 Å². The summed E-state index contributed by atoms with van der Waals surface area (Å²) in [7, 11) is 0. The Hall–Kier alpha value is -4.34. The molecule has 216 valence electrons. The zero-order valence-electron chi connectivity index (χ0n) is 24.6. The molecule has 2 N–H and O–H groups in total. The average Bonchev–Trinajstić information content (AvgIpc) is 2.97. The molecule has 4 aromatic rings. The van der Waals surface area contributed by atoms with E-state index in [0.29, 0.717) is 24.5 Å². The van der Waals surface area contributed by atoms with Crippen LogP contribution in [0.25, 0.3) is 21.8 Å². The lowest BCUT2D eigenvalue weighted by Crippen LogP contribution is -2.46. The summed E-state index contributed by atoms with van der Waals surface area (Å²) in [6.07, 6.45) is 5.33. The molecule has 1 fully saturated rings. The van der Waals surface area contributed by atoms with E-state index < -0.39 is 0 Å². The highest BCUT2D eigenvalue weighted by Gasteiger charge is 2.19. The Morgan fingerprint density at radius 2 is 1.29 bits per heavy atom. The smallest absolute Gasteiger partial charge is 0.225 e. The van der Waals surface area contributed by atoms with Crippen LogP contribution in [-0.4, -0.2) is 58.4 Å². The number of benzene rings is 2. The van der Waals surface area contributed by atoms with Crippen LogP contribution in [0.15, 0.2) is 49.1 Å². The number of fused-ring (bicyclic) bond motifs is 2. The number of carbonyl (C=O) groups is 2. The van der Waals surface area contributed by atoms with Gasteiger partial charge in [0.1, 0.15) is 24.3 Å². The number of carbonyl (C=O) groups excluding carboxylic acids is 2. The van der Waals surface area contributed by atoms with Gasteiger partial charge in [0.2, 0.25) is 12.3 Å². The predicted molar refractivity (Wildman–Crippen MR) is 166 cm³/mol. The Balaban J connectivity index is 0.000000714. The first kappa shape index (κ1) is 29.6. The second-order valence-corrected chi connectivity index (χ2v) is 11.0. The van der Waals surface area contributed by atoms with Crippen molar-refractivity contribution < 1.29 is 9.59 Å². The van der Waals surface area contributed by atoms with Crippen molar-refractivity contribution in [2.24, 2.45) is 11.8 Å². The molecule has 0 aliphatic carbocycles. The van der Waals surface area contributed by atoms with Crippen LogP contribution in [-0.2, 0) is 9.59 Å². The summed E-state index contributed by atoms with van der Waals surface area (Å²) in [5.74, 6) is 2.18. The van der Waals surface area contributed by atoms with Crippen LogP contribution in [0.1, 0.15) is 47.5 Å². The first-order valence-electron chi connectivity index (χ1n) is 14.3. The van der Waals surface area contributed by atoms with Gasteiger partial charge in [-0.05, 0) is 48.2 Å². The fourth-order valence-corrected chi connectivity index (χ4v) is 4.53. The fraction of sp³-hybridized carbons (Fsp3) is 0.419. The zero-order chi connectivity index (χ0) is 29.4. The van der Waals surface area contributed by atoms with Gasteiger partial charge in [-0.1, -0.05) is 41.0 Å². The summed E-state index contributed by atoms with van der Waals surface area (Å²) in [4.78, 5) is 45.0. The van der Waals surface area contributed by atoms with Crippen molar-refractivity contribution in [3.63, 3.8) is 0 Å². The molecule has 0 atom stereocenters. The molecule has 2 aromatic carbocycles. The SMILES string of the molecule is CC(C)CC(=O)Nc1ncnc2cc(N3CCN(c4ccc5c(NC=O)ncnc5c4)CC3)ccc12.CCC(C)C. The molecule has 41 heavy (non-hydrogen) atoms. The average molecular weight is 557 g/mol. The molecular formula is C31H40N8O2. The van der Waals surface area contributed by atoms with Gasteiger partial charge < -0.3 is 20.4 Å². The van der Waals surface area contributed by atoms with Crippen LogP contribution < -0.4 is 20.4 Å². The minimum atomic E-state index is -0.0402. The molecule has 3 heterocycles. The molecule has 10 heteroatoms. The van der Waals surface area contributed by atoms with Crippen LogP contribution in [0.3, 0.4) is 0 Å². The van der Waals surface area contributed by atoms with Crippen molar-refractivity contribution in [3.8, 4) is 0 Å². The fourth-order valence-electron chi connectivity index (χ4n) is 4.53.